The van der Waals surface area contributed by atoms with Crippen LogP contribution in [0.15, 0.2) is 0 Å². The first-order chi connectivity index (χ1) is 4.86. The fourth-order valence-electron chi connectivity index (χ4n) is 0.200. The third-order valence-corrected chi connectivity index (χ3v) is 1.43. The van der Waals surface area contributed by atoms with Gasteiger partial charge in [0.1, 0.15) is 0 Å². The molecule has 7 heteroatoms. The Balaban J connectivity index is 3.95. The Hall–Kier alpha value is -0.270. The van der Waals surface area contributed by atoms with Gasteiger partial charge in [-0.25, -0.2) is 8.42 Å². The highest BCUT2D eigenvalue weighted by molar-refractivity contribution is 7.89. The summed E-state index contributed by atoms with van der Waals surface area (Å²) in [6, 6.07) is 0. The summed E-state index contributed by atoms with van der Waals surface area (Å²) in [5.41, 5.74) is 0. The largest absolute Gasteiger partial charge is 0.352 e. The molecule has 11 heavy (non-hydrogen) atoms. The molecule has 0 spiro atoms. The maximum absolute atomic E-state index is 11.5. The summed E-state index contributed by atoms with van der Waals surface area (Å²) in [6.45, 7) is 3.02. The Morgan fingerprint density at radius 1 is 1.36 bits per heavy atom. The highest BCUT2D eigenvalue weighted by Gasteiger charge is 2.24. The van der Waals surface area contributed by atoms with Crippen molar-refractivity contribution in [2.24, 2.45) is 0 Å². The normalized spacial score (nSPS) is 12.9. The van der Waals surface area contributed by atoms with Crippen molar-refractivity contribution in [1.82, 2.24) is 4.89 Å². The van der Waals surface area contributed by atoms with Gasteiger partial charge in [0, 0.05) is 0 Å². The Bertz CT molecular complexity index is 201. The van der Waals surface area contributed by atoms with Crippen LogP contribution in [0.5, 0.6) is 0 Å². The average molecular weight is 189 g/mol. The zero-order chi connectivity index (χ0) is 9.07. The van der Waals surface area contributed by atoms with Gasteiger partial charge in [0.05, 0.1) is 6.10 Å². The topological polar surface area (TPSA) is 55.4 Å². The van der Waals surface area contributed by atoms with Crippen LogP contribution in [-0.2, 0) is 14.9 Å². The van der Waals surface area contributed by atoms with E-state index in [0.717, 1.165) is 0 Å². The molecule has 0 amide bonds. The van der Waals surface area contributed by atoms with Crippen molar-refractivity contribution >= 4 is 10.0 Å². The first-order valence-corrected chi connectivity index (χ1v) is 4.35. The van der Waals surface area contributed by atoms with Crippen LogP contribution in [0.1, 0.15) is 13.8 Å². The Labute approximate surface area is 63.5 Å². The maximum atomic E-state index is 11.5. The van der Waals surface area contributed by atoms with E-state index in [1.165, 1.54) is 18.7 Å². The van der Waals surface area contributed by atoms with E-state index in [1.807, 2.05) is 0 Å². The number of halogens is 2. The van der Waals surface area contributed by atoms with Gasteiger partial charge in [-0.2, -0.15) is 8.78 Å². The first kappa shape index (κ1) is 10.7. The van der Waals surface area contributed by atoms with Gasteiger partial charge >= 0.3 is 5.76 Å². The summed E-state index contributed by atoms with van der Waals surface area (Å²) in [5.74, 6) is -3.46. The van der Waals surface area contributed by atoms with Crippen LogP contribution >= 0.6 is 0 Å². The first-order valence-electron chi connectivity index (χ1n) is 2.80. The molecular weight excluding hydrogens is 180 g/mol. The van der Waals surface area contributed by atoms with E-state index < -0.39 is 21.9 Å². The summed E-state index contributed by atoms with van der Waals surface area (Å²) in [7, 11) is -4.60. The quantitative estimate of drug-likeness (QED) is 0.654. The molecule has 0 aromatic carbocycles. The lowest BCUT2D eigenvalue weighted by molar-refractivity contribution is 0.0364. The molecule has 4 nitrogen and oxygen atoms in total. The van der Waals surface area contributed by atoms with E-state index >= 15 is 0 Å². The molecule has 0 aliphatic heterocycles. The van der Waals surface area contributed by atoms with Gasteiger partial charge < -0.3 is 0 Å². The highest BCUT2D eigenvalue weighted by Crippen LogP contribution is 2.01. The molecule has 0 rings (SSSR count). The van der Waals surface area contributed by atoms with Gasteiger partial charge in [-0.05, 0) is 13.8 Å². The van der Waals surface area contributed by atoms with Crippen LogP contribution in [0, 0.1) is 0 Å². The number of sulfonamides is 1. The van der Waals surface area contributed by atoms with Crippen molar-refractivity contribution in [2.75, 3.05) is 0 Å². The summed E-state index contributed by atoms with van der Waals surface area (Å²) < 4.78 is 43.6. The van der Waals surface area contributed by atoms with Gasteiger partial charge in [0.2, 0.25) is 0 Å². The fraction of sp³-hybridized carbons (Fsp3) is 1.00. The number of rotatable bonds is 4. The van der Waals surface area contributed by atoms with E-state index in [4.69, 9.17) is 0 Å². The molecule has 0 saturated carbocycles. The van der Waals surface area contributed by atoms with Crippen molar-refractivity contribution in [2.45, 2.75) is 25.7 Å². The number of hydrogen-bond donors (Lipinski definition) is 1. The summed E-state index contributed by atoms with van der Waals surface area (Å²) in [6.07, 6.45) is -0.469. The zero-order valence-corrected chi connectivity index (χ0v) is 6.86. The summed E-state index contributed by atoms with van der Waals surface area (Å²) >= 11 is 0. The molecule has 68 valence electrons. The van der Waals surface area contributed by atoms with Gasteiger partial charge in [-0.15, -0.1) is 0 Å². The molecule has 0 aliphatic carbocycles. The average Bonchev–Trinajstić information content (AvgIpc) is 1.84. The van der Waals surface area contributed by atoms with Gasteiger partial charge in [0.15, 0.2) is 0 Å². The Morgan fingerprint density at radius 3 is 2.09 bits per heavy atom. The molecule has 0 aromatic heterocycles. The number of nitrogens with one attached hydrogen (secondary N) is 1. The van der Waals surface area contributed by atoms with Crippen molar-refractivity contribution < 1.29 is 22.0 Å². The van der Waals surface area contributed by atoms with Crippen LogP contribution in [-0.4, -0.2) is 20.3 Å². The lowest BCUT2D eigenvalue weighted by Gasteiger charge is -2.07. The van der Waals surface area contributed by atoms with Crippen molar-refractivity contribution in [3.8, 4) is 0 Å². The van der Waals surface area contributed by atoms with Crippen LogP contribution < -0.4 is 4.89 Å². The Morgan fingerprint density at radius 2 is 1.82 bits per heavy atom. The molecule has 1 N–H and O–H groups in total. The molecular formula is C4H9F2NO3S. The minimum Gasteiger partial charge on any atom is -0.284 e. The standard InChI is InChI=1S/C4H9F2NO3S/c1-3(2)10-7-11(8,9)4(5)6/h3-4,7H,1-2H3. The SMILES string of the molecule is CC(C)ONS(=O)(=O)C(F)F. The molecule has 0 saturated heterocycles. The van der Waals surface area contributed by atoms with Crippen LogP contribution in [0.25, 0.3) is 0 Å². The van der Waals surface area contributed by atoms with Crippen LogP contribution in [0.2, 0.25) is 0 Å². The molecule has 0 atom stereocenters. The lowest BCUT2D eigenvalue weighted by Crippen LogP contribution is -2.31. The minimum atomic E-state index is -4.60. The monoisotopic (exact) mass is 189 g/mol. The molecule has 0 bridgehead atoms. The highest BCUT2D eigenvalue weighted by atomic mass is 32.2. The summed E-state index contributed by atoms with van der Waals surface area (Å²) in [5, 5.41) is 0. The molecule has 0 aromatic rings. The van der Waals surface area contributed by atoms with Crippen LogP contribution in [0.3, 0.4) is 0 Å². The van der Waals surface area contributed by atoms with E-state index in [1.54, 1.807) is 0 Å². The van der Waals surface area contributed by atoms with Gasteiger partial charge in [-0.1, -0.05) is 4.89 Å². The summed E-state index contributed by atoms with van der Waals surface area (Å²) in [4.78, 5) is 5.53. The second-order valence-electron chi connectivity index (χ2n) is 2.06. The van der Waals surface area contributed by atoms with Crippen molar-refractivity contribution in [1.29, 1.82) is 0 Å². The Kier molecular flexibility index (Phi) is 3.84. The van der Waals surface area contributed by atoms with Crippen molar-refractivity contribution in [3.05, 3.63) is 0 Å². The van der Waals surface area contributed by atoms with E-state index in [0.29, 0.717) is 0 Å². The third kappa shape index (κ3) is 4.23. The molecule has 0 radical (unpaired) electrons. The molecule has 0 heterocycles. The van der Waals surface area contributed by atoms with Gasteiger partial charge in [-0.3, -0.25) is 4.84 Å². The van der Waals surface area contributed by atoms with E-state index in [-0.39, 0.29) is 0 Å². The third-order valence-electron chi connectivity index (χ3n) is 0.635. The fourth-order valence-corrected chi connectivity index (χ4v) is 0.599. The minimum absolute atomic E-state index is 0.469. The lowest BCUT2D eigenvalue weighted by atomic mass is 10.5. The maximum Gasteiger partial charge on any atom is 0.352 e. The predicted molar refractivity (Wildman–Crippen MR) is 34.3 cm³/mol. The second kappa shape index (κ2) is 3.93. The number of hydrogen-bond acceptors (Lipinski definition) is 3. The molecule has 0 fully saturated rings. The van der Waals surface area contributed by atoms with Crippen molar-refractivity contribution in [3.63, 3.8) is 0 Å². The molecule has 0 unspecified atom stereocenters. The predicted octanol–water partition coefficient (Wildman–Crippen LogP) is 0.468. The number of alkyl halides is 2. The smallest absolute Gasteiger partial charge is 0.284 e. The van der Waals surface area contributed by atoms with Gasteiger partial charge in [0.25, 0.3) is 10.0 Å². The van der Waals surface area contributed by atoms with Crippen LogP contribution in [0.4, 0.5) is 8.78 Å². The molecule has 0 aliphatic rings. The van der Waals surface area contributed by atoms with E-state index in [2.05, 4.69) is 4.84 Å². The van der Waals surface area contributed by atoms with E-state index in [9.17, 15) is 17.2 Å². The zero-order valence-electron chi connectivity index (χ0n) is 6.04. The second-order valence-corrected chi connectivity index (χ2v) is 3.67.